The van der Waals surface area contributed by atoms with Crippen LogP contribution in [0.1, 0.15) is 23.4 Å². The lowest BCUT2D eigenvalue weighted by Crippen LogP contribution is -2.15. The molecule has 0 bridgehead atoms. The van der Waals surface area contributed by atoms with Crippen LogP contribution in [0, 0.1) is 0 Å². The van der Waals surface area contributed by atoms with Gasteiger partial charge in [0, 0.05) is 5.56 Å². The van der Waals surface area contributed by atoms with E-state index in [1.165, 1.54) is 0 Å². The molecule has 1 aromatic heterocycles. The molecule has 1 heterocycles. The molecule has 8 heteroatoms. The van der Waals surface area contributed by atoms with E-state index < -0.39 is 41.8 Å². The second kappa shape index (κ2) is 4.20. The first-order chi connectivity index (χ1) is 7.27. The lowest BCUT2D eigenvalue weighted by molar-refractivity contribution is -0.140. The van der Waals surface area contributed by atoms with Gasteiger partial charge in [0.15, 0.2) is 5.69 Å². The van der Waals surface area contributed by atoms with Gasteiger partial charge in [-0.25, -0.2) is 13.8 Å². The van der Waals surface area contributed by atoms with Crippen LogP contribution in [0.5, 0.6) is 0 Å². The van der Waals surface area contributed by atoms with Crippen molar-refractivity contribution in [3.63, 3.8) is 0 Å². The van der Waals surface area contributed by atoms with Crippen LogP contribution in [-0.2, 0) is 12.8 Å². The number of rotatable bonds is 2. The highest BCUT2D eigenvalue weighted by atomic mass is 19.4. The summed E-state index contributed by atoms with van der Waals surface area (Å²) in [6.45, 7) is -0.864. The van der Waals surface area contributed by atoms with Gasteiger partial charge in [0.25, 0.3) is 6.43 Å². The topological polar surface area (TPSA) is 59.1 Å². The number of nitrogen functional groups attached to an aromatic ring is 1. The maximum absolute atomic E-state index is 12.3. The van der Waals surface area contributed by atoms with Gasteiger partial charge in [0.2, 0.25) is 0 Å². The SMILES string of the molecule is Nc1c(CO)cc(C(F)F)nc1C(F)(F)F. The maximum atomic E-state index is 12.3. The molecule has 3 N–H and O–H groups in total. The van der Waals surface area contributed by atoms with E-state index in [1.54, 1.807) is 0 Å². The Kier molecular flexibility index (Phi) is 3.32. The van der Waals surface area contributed by atoms with E-state index in [1.807, 2.05) is 0 Å². The molecule has 90 valence electrons. The quantitative estimate of drug-likeness (QED) is 0.781. The summed E-state index contributed by atoms with van der Waals surface area (Å²) in [6, 6.07) is 0.648. The summed E-state index contributed by atoms with van der Waals surface area (Å²) in [6.07, 6.45) is -8.09. The van der Waals surface area contributed by atoms with E-state index in [0.717, 1.165) is 0 Å². The summed E-state index contributed by atoms with van der Waals surface area (Å²) >= 11 is 0. The highest BCUT2D eigenvalue weighted by Crippen LogP contribution is 2.35. The number of hydrogen-bond acceptors (Lipinski definition) is 3. The number of alkyl halides is 5. The van der Waals surface area contributed by atoms with Crippen molar-refractivity contribution < 1.29 is 27.1 Å². The molecule has 0 aromatic carbocycles. The molecule has 0 atom stereocenters. The van der Waals surface area contributed by atoms with Gasteiger partial charge < -0.3 is 10.8 Å². The highest BCUT2D eigenvalue weighted by molar-refractivity contribution is 5.52. The zero-order valence-electron chi connectivity index (χ0n) is 7.72. The number of nitrogens with two attached hydrogens (primary N) is 1. The normalized spacial score (nSPS) is 12.2. The van der Waals surface area contributed by atoms with Crippen molar-refractivity contribution in [1.82, 2.24) is 4.98 Å². The standard InChI is InChI=1S/C8H7F5N2O/c9-7(10)4-1-3(2-16)5(14)6(15-4)8(11,12)13/h1,7,16H,2,14H2. The Balaban J connectivity index is 3.42. The van der Waals surface area contributed by atoms with Crippen LogP contribution in [-0.4, -0.2) is 10.1 Å². The molecular weight excluding hydrogens is 235 g/mol. The van der Waals surface area contributed by atoms with Crippen LogP contribution in [0.4, 0.5) is 27.6 Å². The second-order valence-electron chi connectivity index (χ2n) is 2.93. The largest absolute Gasteiger partial charge is 0.435 e. The first kappa shape index (κ1) is 12.6. The number of halogens is 5. The van der Waals surface area contributed by atoms with Crippen molar-refractivity contribution in [2.75, 3.05) is 5.73 Å². The zero-order chi connectivity index (χ0) is 12.5. The fourth-order valence-corrected chi connectivity index (χ4v) is 1.09. The minimum absolute atomic E-state index is 0.419. The number of nitrogens with zero attached hydrogens (tertiary/aromatic N) is 1. The minimum Gasteiger partial charge on any atom is -0.397 e. The van der Waals surface area contributed by atoms with Crippen molar-refractivity contribution in [2.45, 2.75) is 19.2 Å². The molecule has 0 aliphatic carbocycles. The number of aromatic nitrogens is 1. The number of anilines is 1. The zero-order valence-corrected chi connectivity index (χ0v) is 7.72. The Hall–Kier alpha value is -1.44. The maximum Gasteiger partial charge on any atom is 0.435 e. The van der Waals surface area contributed by atoms with Crippen LogP contribution in [0.15, 0.2) is 6.07 Å². The molecule has 1 aromatic rings. The molecule has 0 saturated carbocycles. The number of aliphatic hydroxyl groups excluding tert-OH is 1. The van der Waals surface area contributed by atoms with E-state index in [-0.39, 0.29) is 0 Å². The van der Waals surface area contributed by atoms with E-state index in [4.69, 9.17) is 10.8 Å². The molecule has 0 spiro atoms. The summed E-state index contributed by atoms with van der Waals surface area (Å²) in [7, 11) is 0. The van der Waals surface area contributed by atoms with Crippen molar-refractivity contribution in [3.8, 4) is 0 Å². The Labute approximate surface area is 86.7 Å². The van der Waals surface area contributed by atoms with Gasteiger partial charge in [0.1, 0.15) is 5.69 Å². The van der Waals surface area contributed by atoms with Crippen molar-refractivity contribution >= 4 is 5.69 Å². The summed E-state index contributed by atoms with van der Waals surface area (Å²) < 4.78 is 61.5. The van der Waals surface area contributed by atoms with Gasteiger partial charge in [-0.1, -0.05) is 0 Å². The molecule has 3 nitrogen and oxygen atoms in total. The van der Waals surface area contributed by atoms with E-state index in [9.17, 15) is 22.0 Å². The van der Waals surface area contributed by atoms with E-state index in [2.05, 4.69) is 4.98 Å². The van der Waals surface area contributed by atoms with Crippen LogP contribution >= 0.6 is 0 Å². The van der Waals surface area contributed by atoms with Crippen LogP contribution < -0.4 is 5.73 Å². The summed E-state index contributed by atoms with van der Waals surface area (Å²) in [5.74, 6) is 0. The Morgan fingerprint density at radius 2 is 1.94 bits per heavy atom. The molecule has 0 amide bonds. The Morgan fingerprint density at radius 1 is 1.38 bits per heavy atom. The first-order valence-corrected chi connectivity index (χ1v) is 4.03. The molecule has 0 unspecified atom stereocenters. The molecule has 0 aliphatic rings. The number of hydrogen-bond donors (Lipinski definition) is 2. The molecule has 0 aliphatic heterocycles. The Bertz CT molecular complexity index is 391. The fourth-order valence-electron chi connectivity index (χ4n) is 1.09. The van der Waals surface area contributed by atoms with Gasteiger partial charge >= 0.3 is 6.18 Å². The van der Waals surface area contributed by atoms with Gasteiger partial charge in [-0.3, -0.25) is 0 Å². The highest BCUT2D eigenvalue weighted by Gasteiger charge is 2.37. The van der Waals surface area contributed by atoms with Crippen molar-refractivity contribution in [2.24, 2.45) is 0 Å². The van der Waals surface area contributed by atoms with Crippen molar-refractivity contribution in [3.05, 3.63) is 23.0 Å². The molecular formula is C8H7F5N2O. The van der Waals surface area contributed by atoms with Crippen LogP contribution in [0.2, 0.25) is 0 Å². The monoisotopic (exact) mass is 242 g/mol. The fraction of sp³-hybridized carbons (Fsp3) is 0.375. The third-order valence-electron chi connectivity index (χ3n) is 1.83. The van der Waals surface area contributed by atoms with Crippen LogP contribution in [0.25, 0.3) is 0 Å². The molecule has 16 heavy (non-hydrogen) atoms. The smallest absolute Gasteiger partial charge is 0.397 e. The lowest BCUT2D eigenvalue weighted by Gasteiger charge is -2.13. The average molecular weight is 242 g/mol. The first-order valence-electron chi connectivity index (χ1n) is 4.03. The molecule has 0 radical (unpaired) electrons. The summed E-state index contributed by atoms with van der Waals surface area (Å²) in [4.78, 5) is 2.74. The molecule has 0 saturated heterocycles. The predicted molar refractivity (Wildman–Crippen MR) is 44.5 cm³/mol. The third kappa shape index (κ3) is 2.38. The predicted octanol–water partition coefficient (Wildman–Crippen LogP) is 2.11. The van der Waals surface area contributed by atoms with Gasteiger partial charge in [-0.15, -0.1) is 0 Å². The van der Waals surface area contributed by atoms with Gasteiger partial charge in [-0.2, -0.15) is 13.2 Å². The summed E-state index contributed by atoms with van der Waals surface area (Å²) in [5, 5.41) is 8.69. The third-order valence-corrected chi connectivity index (χ3v) is 1.83. The lowest BCUT2D eigenvalue weighted by atomic mass is 10.1. The van der Waals surface area contributed by atoms with E-state index >= 15 is 0 Å². The molecule has 1 rings (SSSR count). The van der Waals surface area contributed by atoms with E-state index in [0.29, 0.717) is 6.07 Å². The van der Waals surface area contributed by atoms with Crippen LogP contribution in [0.3, 0.4) is 0 Å². The summed E-state index contributed by atoms with van der Waals surface area (Å²) in [5.41, 5.74) is 1.14. The number of aliphatic hydroxyl groups is 1. The van der Waals surface area contributed by atoms with Crippen molar-refractivity contribution in [1.29, 1.82) is 0 Å². The Morgan fingerprint density at radius 3 is 2.31 bits per heavy atom. The number of pyridine rings is 1. The minimum atomic E-state index is -4.93. The van der Waals surface area contributed by atoms with Gasteiger partial charge in [0.05, 0.1) is 12.3 Å². The average Bonchev–Trinajstić information content (AvgIpc) is 2.15. The molecule has 0 fully saturated rings. The second-order valence-corrected chi connectivity index (χ2v) is 2.93. The van der Waals surface area contributed by atoms with Gasteiger partial charge in [-0.05, 0) is 6.07 Å².